The summed E-state index contributed by atoms with van der Waals surface area (Å²) in [7, 11) is 1.86. The molecular weight excluding hydrogens is 330 g/mol. The van der Waals surface area contributed by atoms with Crippen molar-refractivity contribution >= 4 is 23.1 Å². The number of hydrogen-bond donors (Lipinski definition) is 1. The zero-order chi connectivity index (χ0) is 17.1. The summed E-state index contributed by atoms with van der Waals surface area (Å²) in [6.07, 6.45) is 5.10. The Labute approximate surface area is 143 Å². The first-order valence-corrected chi connectivity index (χ1v) is 7.52. The first-order valence-electron chi connectivity index (χ1n) is 7.15. The van der Waals surface area contributed by atoms with Crippen molar-refractivity contribution in [3.8, 4) is 11.1 Å². The van der Waals surface area contributed by atoms with E-state index < -0.39 is 4.92 Å². The highest BCUT2D eigenvalue weighted by atomic mass is 35.5. The minimum atomic E-state index is -0.507. The Bertz CT molecular complexity index is 894. The number of pyridine rings is 1. The lowest BCUT2D eigenvalue weighted by molar-refractivity contribution is -0.384. The summed E-state index contributed by atoms with van der Waals surface area (Å²) in [6, 6.07) is 9.15. The van der Waals surface area contributed by atoms with Crippen LogP contribution in [0, 0.1) is 10.1 Å². The van der Waals surface area contributed by atoms with Gasteiger partial charge in [0.25, 0.3) is 0 Å². The molecule has 0 aliphatic carbocycles. The van der Waals surface area contributed by atoms with Gasteiger partial charge in [-0.3, -0.25) is 14.8 Å². The second-order valence-corrected chi connectivity index (χ2v) is 5.67. The quantitative estimate of drug-likeness (QED) is 0.564. The summed E-state index contributed by atoms with van der Waals surface area (Å²) in [5.74, 6) is 0.191. The first kappa shape index (κ1) is 15.9. The Morgan fingerprint density at radius 3 is 2.83 bits per heavy atom. The average Bonchev–Trinajstić information content (AvgIpc) is 3.00. The van der Waals surface area contributed by atoms with E-state index in [4.69, 9.17) is 11.6 Å². The van der Waals surface area contributed by atoms with Crippen LogP contribution in [0.4, 0.5) is 11.5 Å². The van der Waals surface area contributed by atoms with Crippen molar-refractivity contribution in [2.45, 2.75) is 6.54 Å². The van der Waals surface area contributed by atoms with E-state index in [2.05, 4.69) is 15.4 Å². The first-order chi connectivity index (χ1) is 11.5. The van der Waals surface area contributed by atoms with Crippen LogP contribution in [-0.4, -0.2) is 19.7 Å². The minimum absolute atomic E-state index is 0.147. The molecule has 0 saturated carbocycles. The van der Waals surface area contributed by atoms with E-state index in [0.29, 0.717) is 6.54 Å². The summed E-state index contributed by atoms with van der Waals surface area (Å²) in [6.45, 7) is 0.406. The number of nitro groups is 1. The standard InChI is InChI=1S/C16H14ClN5O2/c1-21-10-13(8-20-21)12-4-2-3-11(5-12)7-18-16-15(22(23)24)6-14(17)9-19-16/h2-6,8-10H,7H2,1H3,(H,18,19). The second-order valence-electron chi connectivity index (χ2n) is 5.23. The van der Waals surface area contributed by atoms with Gasteiger partial charge in [0.2, 0.25) is 5.82 Å². The van der Waals surface area contributed by atoms with Crippen LogP contribution in [0.15, 0.2) is 48.9 Å². The molecule has 0 amide bonds. The number of nitrogens with one attached hydrogen (secondary N) is 1. The molecule has 3 rings (SSSR count). The van der Waals surface area contributed by atoms with Gasteiger partial charge >= 0.3 is 5.69 Å². The molecule has 0 radical (unpaired) electrons. The van der Waals surface area contributed by atoms with E-state index in [1.165, 1.54) is 12.3 Å². The van der Waals surface area contributed by atoms with Crippen LogP contribution in [0.1, 0.15) is 5.56 Å². The number of halogens is 1. The van der Waals surface area contributed by atoms with Gasteiger partial charge in [-0.25, -0.2) is 4.98 Å². The van der Waals surface area contributed by atoms with Crippen LogP contribution in [0.5, 0.6) is 0 Å². The topological polar surface area (TPSA) is 85.9 Å². The molecule has 2 aromatic heterocycles. The third-order valence-electron chi connectivity index (χ3n) is 3.46. The lowest BCUT2D eigenvalue weighted by Gasteiger charge is -2.08. The number of rotatable bonds is 5. The minimum Gasteiger partial charge on any atom is -0.360 e. The number of hydrogen-bond acceptors (Lipinski definition) is 5. The summed E-state index contributed by atoms with van der Waals surface area (Å²) < 4.78 is 1.74. The summed E-state index contributed by atoms with van der Waals surface area (Å²) >= 11 is 5.77. The van der Waals surface area contributed by atoms with Gasteiger partial charge in [-0.2, -0.15) is 5.10 Å². The third kappa shape index (κ3) is 3.52. The van der Waals surface area contributed by atoms with Gasteiger partial charge in [0.1, 0.15) is 0 Å². The smallest absolute Gasteiger partial charge is 0.312 e. The number of anilines is 1. The molecule has 0 bridgehead atoms. The fourth-order valence-corrected chi connectivity index (χ4v) is 2.47. The van der Waals surface area contributed by atoms with Crippen molar-refractivity contribution in [1.29, 1.82) is 0 Å². The van der Waals surface area contributed by atoms with Crippen molar-refractivity contribution in [1.82, 2.24) is 14.8 Å². The van der Waals surface area contributed by atoms with Gasteiger partial charge in [-0.05, 0) is 17.2 Å². The number of benzene rings is 1. The molecule has 0 unspecified atom stereocenters. The molecule has 0 fully saturated rings. The largest absolute Gasteiger partial charge is 0.360 e. The molecule has 0 atom stereocenters. The lowest BCUT2D eigenvalue weighted by atomic mass is 10.1. The molecule has 7 nitrogen and oxygen atoms in total. The van der Waals surface area contributed by atoms with Crippen LogP contribution in [-0.2, 0) is 13.6 Å². The predicted molar refractivity (Wildman–Crippen MR) is 91.9 cm³/mol. The van der Waals surface area contributed by atoms with E-state index in [9.17, 15) is 10.1 Å². The van der Waals surface area contributed by atoms with Crippen molar-refractivity contribution in [3.63, 3.8) is 0 Å². The van der Waals surface area contributed by atoms with Gasteiger partial charge in [-0.15, -0.1) is 0 Å². The van der Waals surface area contributed by atoms with Crippen molar-refractivity contribution in [2.24, 2.45) is 7.05 Å². The van der Waals surface area contributed by atoms with E-state index in [0.717, 1.165) is 16.7 Å². The van der Waals surface area contributed by atoms with Crippen LogP contribution >= 0.6 is 11.6 Å². The molecule has 8 heteroatoms. The maximum atomic E-state index is 11.1. The van der Waals surface area contributed by atoms with E-state index in [1.807, 2.05) is 37.5 Å². The van der Waals surface area contributed by atoms with E-state index in [-0.39, 0.29) is 16.5 Å². The highest BCUT2D eigenvalue weighted by Crippen LogP contribution is 2.26. The molecule has 3 aromatic rings. The number of nitrogens with zero attached hydrogens (tertiary/aromatic N) is 4. The molecule has 0 spiro atoms. The van der Waals surface area contributed by atoms with E-state index in [1.54, 1.807) is 10.9 Å². The average molecular weight is 344 g/mol. The fraction of sp³-hybridized carbons (Fsp3) is 0.125. The number of aromatic nitrogens is 3. The zero-order valence-corrected chi connectivity index (χ0v) is 13.6. The zero-order valence-electron chi connectivity index (χ0n) is 12.8. The molecule has 0 aliphatic heterocycles. The van der Waals surface area contributed by atoms with Crippen LogP contribution in [0.25, 0.3) is 11.1 Å². The Morgan fingerprint density at radius 2 is 2.12 bits per heavy atom. The highest BCUT2D eigenvalue weighted by molar-refractivity contribution is 6.30. The molecule has 0 aliphatic rings. The third-order valence-corrected chi connectivity index (χ3v) is 3.66. The predicted octanol–water partition coefficient (Wildman–Crippen LogP) is 3.66. The monoisotopic (exact) mass is 343 g/mol. The fourth-order valence-electron chi connectivity index (χ4n) is 2.32. The maximum Gasteiger partial charge on any atom is 0.312 e. The SMILES string of the molecule is Cn1cc(-c2cccc(CNc3ncc(Cl)cc3[N+](=O)[O-])c2)cn1. The molecule has 0 saturated heterocycles. The molecular formula is C16H14ClN5O2. The maximum absolute atomic E-state index is 11.1. The number of aryl methyl sites for hydroxylation is 1. The summed E-state index contributed by atoms with van der Waals surface area (Å²) in [5, 5.41) is 18.5. The molecule has 24 heavy (non-hydrogen) atoms. The van der Waals surface area contributed by atoms with Crippen molar-refractivity contribution in [3.05, 3.63) is 69.6 Å². The Morgan fingerprint density at radius 1 is 1.29 bits per heavy atom. The van der Waals surface area contributed by atoms with Gasteiger partial charge in [-0.1, -0.05) is 29.8 Å². The van der Waals surface area contributed by atoms with Crippen molar-refractivity contribution < 1.29 is 4.92 Å². The van der Waals surface area contributed by atoms with Gasteiger partial charge < -0.3 is 5.32 Å². The Hall–Kier alpha value is -2.93. The van der Waals surface area contributed by atoms with Gasteiger partial charge in [0.15, 0.2) is 0 Å². The Balaban J connectivity index is 1.79. The van der Waals surface area contributed by atoms with Crippen LogP contribution < -0.4 is 5.32 Å². The van der Waals surface area contributed by atoms with Gasteiger partial charge in [0, 0.05) is 37.6 Å². The second kappa shape index (κ2) is 6.67. The van der Waals surface area contributed by atoms with Gasteiger partial charge in [0.05, 0.1) is 16.1 Å². The van der Waals surface area contributed by atoms with Crippen LogP contribution in [0.2, 0.25) is 5.02 Å². The highest BCUT2D eigenvalue weighted by Gasteiger charge is 2.15. The van der Waals surface area contributed by atoms with Crippen molar-refractivity contribution in [2.75, 3.05) is 5.32 Å². The normalized spacial score (nSPS) is 10.6. The summed E-state index contributed by atoms with van der Waals surface area (Å²) in [5.41, 5.74) is 2.87. The Kier molecular flexibility index (Phi) is 4.43. The van der Waals surface area contributed by atoms with Crippen LogP contribution in [0.3, 0.4) is 0 Å². The molecule has 2 heterocycles. The molecule has 122 valence electrons. The lowest BCUT2D eigenvalue weighted by Crippen LogP contribution is -2.04. The summed E-state index contributed by atoms with van der Waals surface area (Å²) in [4.78, 5) is 14.6. The molecule has 1 N–H and O–H groups in total. The molecule has 1 aromatic carbocycles. The van der Waals surface area contributed by atoms with E-state index >= 15 is 0 Å².